The number of hydrogen-bond donors (Lipinski definition) is 0. The van der Waals surface area contributed by atoms with Crippen LogP contribution in [0.3, 0.4) is 0 Å². The van der Waals surface area contributed by atoms with Gasteiger partial charge in [0.25, 0.3) is 0 Å². The first kappa shape index (κ1) is 12.1. The first-order chi connectivity index (χ1) is 6.83. The Kier molecular flexibility index (Phi) is 6.31. The van der Waals surface area contributed by atoms with E-state index in [0.29, 0.717) is 0 Å². The van der Waals surface area contributed by atoms with E-state index in [1.165, 1.54) is 64.2 Å². The third-order valence-electron chi connectivity index (χ3n) is 3.82. The molecule has 0 aromatic heterocycles. The molecule has 0 heterocycles. The van der Waals surface area contributed by atoms with Crippen molar-refractivity contribution in [3.05, 3.63) is 0 Å². The molecule has 2 unspecified atom stereocenters. The maximum absolute atomic E-state index is 2.44. The van der Waals surface area contributed by atoms with Crippen molar-refractivity contribution in [1.82, 2.24) is 0 Å². The molecule has 1 fully saturated rings. The third-order valence-corrected chi connectivity index (χ3v) is 3.82. The van der Waals surface area contributed by atoms with Gasteiger partial charge in [-0.25, -0.2) is 0 Å². The minimum absolute atomic E-state index is 0.996. The highest BCUT2D eigenvalue weighted by Gasteiger charge is 2.11. The Morgan fingerprint density at radius 3 is 2.29 bits per heavy atom. The normalized spacial score (nSPS) is 31.3. The zero-order chi connectivity index (χ0) is 10.2. The van der Waals surface area contributed by atoms with Crippen molar-refractivity contribution >= 4 is 0 Å². The summed E-state index contributed by atoms with van der Waals surface area (Å²) in [7, 11) is 0. The summed E-state index contributed by atoms with van der Waals surface area (Å²) in [5, 5.41) is 0. The molecule has 1 saturated carbocycles. The first-order valence-corrected chi connectivity index (χ1v) is 6.83. The summed E-state index contributed by atoms with van der Waals surface area (Å²) in [5.74, 6) is 2.06. The van der Waals surface area contributed by atoms with Gasteiger partial charge in [-0.15, -0.1) is 0 Å². The molecule has 0 aliphatic heterocycles. The number of rotatable bonds is 2. The zero-order valence-corrected chi connectivity index (χ0v) is 10.2. The predicted molar refractivity (Wildman–Crippen MR) is 64.5 cm³/mol. The van der Waals surface area contributed by atoms with Crippen LogP contribution < -0.4 is 0 Å². The van der Waals surface area contributed by atoms with Gasteiger partial charge in [0.1, 0.15) is 0 Å². The highest BCUT2D eigenvalue weighted by molar-refractivity contribution is 4.64. The lowest BCUT2D eigenvalue weighted by Crippen LogP contribution is -2.04. The molecule has 84 valence electrons. The Labute approximate surface area is 90.5 Å². The summed E-state index contributed by atoms with van der Waals surface area (Å²) >= 11 is 0. The average molecular weight is 196 g/mol. The van der Waals surface area contributed by atoms with Crippen LogP contribution in [0.1, 0.15) is 78.1 Å². The molecule has 14 heavy (non-hydrogen) atoms. The van der Waals surface area contributed by atoms with E-state index in [0.717, 1.165) is 11.8 Å². The summed E-state index contributed by atoms with van der Waals surface area (Å²) in [4.78, 5) is 0. The Bertz CT molecular complexity index is 128. The second-order valence-corrected chi connectivity index (χ2v) is 5.33. The van der Waals surface area contributed by atoms with Gasteiger partial charge >= 0.3 is 0 Å². The summed E-state index contributed by atoms with van der Waals surface area (Å²) in [6, 6.07) is 0. The fourth-order valence-corrected chi connectivity index (χ4v) is 2.84. The van der Waals surface area contributed by atoms with E-state index >= 15 is 0 Å². The van der Waals surface area contributed by atoms with E-state index in [-0.39, 0.29) is 0 Å². The molecule has 0 spiro atoms. The molecule has 0 aromatic rings. The van der Waals surface area contributed by atoms with Crippen LogP contribution in [0.15, 0.2) is 0 Å². The van der Waals surface area contributed by atoms with Crippen LogP contribution in [-0.4, -0.2) is 0 Å². The van der Waals surface area contributed by atoms with E-state index in [2.05, 4.69) is 13.8 Å². The van der Waals surface area contributed by atoms with Crippen LogP contribution in [0.25, 0.3) is 0 Å². The Balaban J connectivity index is 2.26. The van der Waals surface area contributed by atoms with Crippen LogP contribution in [0, 0.1) is 11.8 Å². The summed E-state index contributed by atoms with van der Waals surface area (Å²) in [6.45, 7) is 4.78. The lowest BCUT2D eigenvalue weighted by Gasteiger charge is -2.20. The topological polar surface area (TPSA) is 0 Å². The van der Waals surface area contributed by atoms with Gasteiger partial charge in [0, 0.05) is 0 Å². The van der Waals surface area contributed by atoms with Crippen molar-refractivity contribution in [1.29, 1.82) is 0 Å². The van der Waals surface area contributed by atoms with Crippen molar-refractivity contribution in [3.63, 3.8) is 0 Å². The van der Waals surface area contributed by atoms with Gasteiger partial charge in [0.15, 0.2) is 0 Å². The van der Waals surface area contributed by atoms with E-state index in [1.807, 2.05) is 0 Å². The minimum atomic E-state index is 0.996. The fourth-order valence-electron chi connectivity index (χ4n) is 2.84. The fraction of sp³-hybridized carbons (Fsp3) is 1.00. The van der Waals surface area contributed by atoms with Crippen LogP contribution in [0.2, 0.25) is 0 Å². The van der Waals surface area contributed by atoms with Gasteiger partial charge in [-0.05, 0) is 11.8 Å². The second kappa shape index (κ2) is 7.31. The molecule has 0 amide bonds. The van der Waals surface area contributed by atoms with Gasteiger partial charge in [-0.2, -0.15) is 0 Å². The molecule has 0 aromatic carbocycles. The average Bonchev–Trinajstić information content (AvgIpc) is 2.17. The standard InChI is InChI=1S/C14H28/c1-3-8-14-11-6-4-5-9-13(2)10-7-12-14/h13-14H,3-12H2,1-2H3. The smallest absolute Gasteiger partial charge is 0.0414 e. The van der Waals surface area contributed by atoms with E-state index in [4.69, 9.17) is 0 Å². The molecular weight excluding hydrogens is 168 g/mol. The number of hydrogen-bond acceptors (Lipinski definition) is 0. The van der Waals surface area contributed by atoms with Crippen LogP contribution in [-0.2, 0) is 0 Å². The zero-order valence-electron chi connectivity index (χ0n) is 10.2. The van der Waals surface area contributed by atoms with E-state index in [9.17, 15) is 0 Å². The summed E-state index contributed by atoms with van der Waals surface area (Å²) < 4.78 is 0. The van der Waals surface area contributed by atoms with Crippen molar-refractivity contribution in [2.75, 3.05) is 0 Å². The SMILES string of the molecule is CCCC1CCCCCC(C)CCC1. The molecular formula is C14H28. The van der Waals surface area contributed by atoms with Crippen LogP contribution >= 0.6 is 0 Å². The third kappa shape index (κ3) is 5.02. The Morgan fingerprint density at radius 1 is 0.857 bits per heavy atom. The highest BCUT2D eigenvalue weighted by Crippen LogP contribution is 2.26. The lowest BCUT2D eigenvalue weighted by atomic mass is 9.86. The maximum atomic E-state index is 2.44. The predicted octanol–water partition coefficient (Wildman–Crippen LogP) is 5.17. The van der Waals surface area contributed by atoms with E-state index < -0.39 is 0 Å². The van der Waals surface area contributed by atoms with Crippen LogP contribution in [0.4, 0.5) is 0 Å². The van der Waals surface area contributed by atoms with Gasteiger partial charge in [0.2, 0.25) is 0 Å². The lowest BCUT2D eigenvalue weighted by molar-refractivity contribution is 0.337. The molecule has 0 heteroatoms. The van der Waals surface area contributed by atoms with E-state index in [1.54, 1.807) is 0 Å². The quantitative estimate of drug-likeness (QED) is 0.571. The Hall–Kier alpha value is 0. The largest absolute Gasteiger partial charge is 0.0654 e. The maximum Gasteiger partial charge on any atom is -0.0414 e. The Morgan fingerprint density at radius 2 is 1.50 bits per heavy atom. The first-order valence-electron chi connectivity index (χ1n) is 6.83. The van der Waals surface area contributed by atoms with Crippen molar-refractivity contribution in [2.24, 2.45) is 11.8 Å². The minimum Gasteiger partial charge on any atom is -0.0654 e. The molecule has 1 rings (SSSR count). The molecule has 0 saturated heterocycles. The van der Waals surface area contributed by atoms with Gasteiger partial charge in [-0.3, -0.25) is 0 Å². The van der Waals surface area contributed by atoms with Gasteiger partial charge < -0.3 is 0 Å². The monoisotopic (exact) mass is 196 g/mol. The highest BCUT2D eigenvalue weighted by atomic mass is 14.2. The molecule has 0 N–H and O–H groups in total. The van der Waals surface area contributed by atoms with Gasteiger partial charge in [-0.1, -0.05) is 78.1 Å². The summed E-state index contributed by atoms with van der Waals surface area (Å²) in [6.07, 6.45) is 14.8. The molecule has 0 bridgehead atoms. The summed E-state index contributed by atoms with van der Waals surface area (Å²) in [5.41, 5.74) is 0. The van der Waals surface area contributed by atoms with Crippen molar-refractivity contribution < 1.29 is 0 Å². The van der Waals surface area contributed by atoms with Crippen LogP contribution in [0.5, 0.6) is 0 Å². The second-order valence-electron chi connectivity index (χ2n) is 5.33. The molecule has 1 aliphatic carbocycles. The molecule has 1 aliphatic rings. The molecule has 0 radical (unpaired) electrons. The van der Waals surface area contributed by atoms with Crippen molar-refractivity contribution in [2.45, 2.75) is 78.1 Å². The molecule has 0 nitrogen and oxygen atoms in total. The van der Waals surface area contributed by atoms with Gasteiger partial charge in [0.05, 0.1) is 0 Å². The van der Waals surface area contributed by atoms with Crippen molar-refractivity contribution in [3.8, 4) is 0 Å². The molecule has 2 atom stereocenters.